The molecule has 1 aliphatic heterocycles. The van der Waals surface area contributed by atoms with Crippen molar-refractivity contribution >= 4 is 11.8 Å². The van der Waals surface area contributed by atoms with E-state index in [1.807, 2.05) is 6.26 Å². The maximum Gasteiger partial charge on any atom is 0.350 e. The van der Waals surface area contributed by atoms with Gasteiger partial charge in [-0.2, -0.15) is 4.98 Å². The molecule has 0 bridgehead atoms. The van der Waals surface area contributed by atoms with Gasteiger partial charge in [0.25, 0.3) is 0 Å². The summed E-state index contributed by atoms with van der Waals surface area (Å²) in [4.78, 5) is 18.4. The van der Waals surface area contributed by atoms with Crippen molar-refractivity contribution in [1.82, 2.24) is 9.55 Å². The fraction of sp³-hybridized carbons (Fsp3) is 0.600. The standard InChI is InChI=1S/C10H13N5O3S/c1-19-8-2-3-15(10(17)12-8)9-4-6(13-14-11)7(5-16)18-9/h2-3,6-7,9,16H,4-5H2,1H3/t6-,7+,9+/m0/s1. The van der Waals surface area contributed by atoms with Crippen molar-refractivity contribution in [3.8, 4) is 0 Å². The first kappa shape index (κ1) is 13.9. The van der Waals surface area contributed by atoms with Crippen LogP contribution in [0.15, 0.2) is 27.2 Å². The Morgan fingerprint density at radius 3 is 3.16 bits per heavy atom. The van der Waals surface area contributed by atoms with Crippen LogP contribution in [0.1, 0.15) is 12.6 Å². The molecule has 102 valence electrons. The number of aliphatic hydroxyl groups is 1. The minimum absolute atomic E-state index is 0.259. The van der Waals surface area contributed by atoms with E-state index >= 15 is 0 Å². The molecule has 1 fully saturated rings. The van der Waals surface area contributed by atoms with Gasteiger partial charge >= 0.3 is 5.69 Å². The predicted octanol–water partition coefficient (Wildman–Crippen LogP) is 0.924. The lowest BCUT2D eigenvalue weighted by Crippen LogP contribution is -2.27. The van der Waals surface area contributed by atoms with Crippen LogP contribution < -0.4 is 5.69 Å². The maximum atomic E-state index is 11.8. The Balaban J connectivity index is 2.24. The monoisotopic (exact) mass is 283 g/mol. The van der Waals surface area contributed by atoms with E-state index in [0.29, 0.717) is 11.4 Å². The van der Waals surface area contributed by atoms with E-state index in [1.165, 1.54) is 16.3 Å². The van der Waals surface area contributed by atoms with Crippen molar-refractivity contribution in [3.05, 3.63) is 33.2 Å². The van der Waals surface area contributed by atoms with Gasteiger partial charge in [-0.15, -0.1) is 11.8 Å². The third-order valence-corrected chi connectivity index (χ3v) is 3.55. The van der Waals surface area contributed by atoms with Crippen LogP contribution in [0.4, 0.5) is 0 Å². The van der Waals surface area contributed by atoms with Crippen molar-refractivity contribution in [1.29, 1.82) is 0 Å². The van der Waals surface area contributed by atoms with Gasteiger partial charge in [0.15, 0.2) is 0 Å². The van der Waals surface area contributed by atoms with E-state index in [0.717, 1.165) is 0 Å². The number of nitrogens with zero attached hydrogens (tertiary/aromatic N) is 5. The highest BCUT2D eigenvalue weighted by Crippen LogP contribution is 2.29. The van der Waals surface area contributed by atoms with Crippen molar-refractivity contribution in [2.45, 2.75) is 29.8 Å². The number of hydrogen-bond donors (Lipinski definition) is 1. The zero-order valence-corrected chi connectivity index (χ0v) is 11.0. The van der Waals surface area contributed by atoms with Gasteiger partial charge in [-0.25, -0.2) is 4.79 Å². The van der Waals surface area contributed by atoms with Crippen LogP contribution in [0.25, 0.3) is 10.4 Å². The smallest absolute Gasteiger partial charge is 0.350 e. The molecule has 9 heteroatoms. The van der Waals surface area contributed by atoms with Gasteiger partial charge in [-0.1, -0.05) is 5.11 Å². The molecule has 8 nitrogen and oxygen atoms in total. The molecule has 2 rings (SSSR count). The van der Waals surface area contributed by atoms with Crippen LogP contribution in [0.2, 0.25) is 0 Å². The fourth-order valence-electron chi connectivity index (χ4n) is 1.97. The van der Waals surface area contributed by atoms with E-state index in [-0.39, 0.29) is 6.61 Å². The van der Waals surface area contributed by atoms with Gasteiger partial charge < -0.3 is 9.84 Å². The van der Waals surface area contributed by atoms with Crippen LogP contribution >= 0.6 is 11.8 Å². The molecule has 0 radical (unpaired) electrons. The van der Waals surface area contributed by atoms with Gasteiger partial charge in [0, 0.05) is 17.5 Å². The zero-order valence-electron chi connectivity index (χ0n) is 10.2. The summed E-state index contributed by atoms with van der Waals surface area (Å²) in [5.41, 5.74) is 8.04. The van der Waals surface area contributed by atoms with E-state index in [1.54, 1.807) is 12.3 Å². The Bertz CT molecular complexity index is 556. The minimum atomic E-state index is -0.590. The number of thioether (sulfide) groups is 1. The number of aromatic nitrogens is 2. The third kappa shape index (κ3) is 2.90. The fourth-order valence-corrected chi connectivity index (χ4v) is 2.33. The highest BCUT2D eigenvalue weighted by atomic mass is 32.2. The minimum Gasteiger partial charge on any atom is -0.394 e. The number of hydrogen-bond acceptors (Lipinski definition) is 6. The molecule has 3 atom stereocenters. The second-order valence-electron chi connectivity index (χ2n) is 3.98. The lowest BCUT2D eigenvalue weighted by Gasteiger charge is -2.14. The highest BCUT2D eigenvalue weighted by molar-refractivity contribution is 7.98. The van der Waals surface area contributed by atoms with Crippen molar-refractivity contribution in [2.75, 3.05) is 12.9 Å². The average molecular weight is 283 g/mol. The van der Waals surface area contributed by atoms with Crippen molar-refractivity contribution < 1.29 is 9.84 Å². The summed E-state index contributed by atoms with van der Waals surface area (Å²) < 4.78 is 6.86. The Morgan fingerprint density at radius 2 is 2.58 bits per heavy atom. The number of ether oxygens (including phenoxy) is 1. The number of azide groups is 1. The van der Waals surface area contributed by atoms with Gasteiger partial charge in [0.05, 0.1) is 18.8 Å². The summed E-state index contributed by atoms with van der Waals surface area (Å²) in [7, 11) is 0. The molecule has 0 aliphatic carbocycles. The Labute approximate surface area is 113 Å². The van der Waals surface area contributed by atoms with Crippen LogP contribution in [-0.4, -0.2) is 39.7 Å². The quantitative estimate of drug-likeness (QED) is 0.290. The molecule has 2 heterocycles. The normalized spacial score (nSPS) is 26.1. The number of rotatable bonds is 4. The summed E-state index contributed by atoms with van der Waals surface area (Å²) in [5, 5.41) is 13.4. The molecule has 0 spiro atoms. The first-order valence-electron chi connectivity index (χ1n) is 5.63. The number of aliphatic hydroxyl groups excluding tert-OH is 1. The summed E-state index contributed by atoms with van der Waals surface area (Å²) in [6.45, 7) is -0.259. The second kappa shape index (κ2) is 6.07. The molecule has 1 N–H and O–H groups in total. The Morgan fingerprint density at radius 1 is 1.79 bits per heavy atom. The lowest BCUT2D eigenvalue weighted by molar-refractivity contribution is -0.0271. The van der Waals surface area contributed by atoms with E-state index in [4.69, 9.17) is 15.4 Å². The molecule has 0 saturated carbocycles. The Hall–Kier alpha value is -1.54. The van der Waals surface area contributed by atoms with E-state index < -0.39 is 24.1 Å². The molecule has 1 saturated heterocycles. The highest BCUT2D eigenvalue weighted by Gasteiger charge is 2.35. The first-order chi connectivity index (χ1) is 9.19. The summed E-state index contributed by atoms with van der Waals surface area (Å²) in [6, 6.07) is 1.23. The van der Waals surface area contributed by atoms with Gasteiger partial charge in [0.1, 0.15) is 11.3 Å². The van der Waals surface area contributed by atoms with Gasteiger partial charge in [-0.05, 0) is 17.9 Å². The molecular weight excluding hydrogens is 270 g/mol. The lowest BCUT2D eigenvalue weighted by atomic mass is 10.1. The molecule has 0 amide bonds. The van der Waals surface area contributed by atoms with Crippen LogP contribution in [-0.2, 0) is 4.74 Å². The van der Waals surface area contributed by atoms with Crippen molar-refractivity contribution in [3.63, 3.8) is 0 Å². The summed E-state index contributed by atoms with van der Waals surface area (Å²) in [6.07, 6.45) is 2.61. The van der Waals surface area contributed by atoms with Crippen molar-refractivity contribution in [2.24, 2.45) is 5.11 Å². The van der Waals surface area contributed by atoms with Gasteiger partial charge in [0.2, 0.25) is 0 Å². The predicted molar refractivity (Wildman–Crippen MR) is 68.8 cm³/mol. The molecule has 19 heavy (non-hydrogen) atoms. The largest absolute Gasteiger partial charge is 0.394 e. The topological polar surface area (TPSA) is 113 Å². The third-order valence-electron chi connectivity index (χ3n) is 2.91. The second-order valence-corrected chi connectivity index (χ2v) is 4.81. The van der Waals surface area contributed by atoms with E-state index in [2.05, 4.69) is 15.0 Å². The molecule has 1 aliphatic rings. The first-order valence-corrected chi connectivity index (χ1v) is 6.85. The SMILES string of the molecule is CSc1ccn([C@H]2C[C@H](N=[N+]=[N-])[C@@H](CO)O2)c(=O)n1. The molecule has 0 aromatic carbocycles. The molecule has 1 aromatic rings. The average Bonchev–Trinajstić information content (AvgIpc) is 2.82. The van der Waals surface area contributed by atoms with Crippen LogP contribution in [0.5, 0.6) is 0 Å². The molecule has 0 unspecified atom stereocenters. The van der Waals surface area contributed by atoms with Crippen LogP contribution in [0, 0.1) is 0 Å². The zero-order chi connectivity index (χ0) is 13.8. The maximum absolute atomic E-state index is 11.8. The molecular formula is C10H13N5O3S. The van der Waals surface area contributed by atoms with Gasteiger partial charge in [-0.3, -0.25) is 4.57 Å². The van der Waals surface area contributed by atoms with Crippen LogP contribution in [0.3, 0.4) is 0 Å². The summed E-state index contributed by atoms with van der Waals surface area (Å²) in [5.74, 6) is 0. The van der Waals surface area contributed by atoms with E-state index in [9.17, 15) is 4.79 Å². The Kier molecular flexibility index (Phi) is 4.43. The summed E-state index contributed by atoms with van der Waals surface area (Å²) >= 11 is 1.38. The molecule has 1 aromatic heterocycles.